The molecule has 0 bridgehead atoms. The molecule has 0 aliphatic carbocycles. The summed E-state index contributed by atoms with van der Waals surface area (Å²) in [7, 11) is 1.87. The molecule has 0 amide bonds. The Kier molecular flexibility index (Phi) is 3.68. The fraction of sp³-hybridized carbons (Fsp3) is 0.333. The van der Waals surface area contributed by atoms with Crippen LogP contribution >= 0.6 is 15.9 Å². The minimum absolute atomic E-state index is 0.0922. The zero-order chi connectivity index (χ0) is 13.3. The van der Waals surface area contributed by atoms with E-state index < -0.39 is 5.97 Å². The molecule has 0 radical (unpaired) electrons. The second-order valence-corrected chi connectivity index (χ2v) is 5.09. The molecule has 0 aliphatic rings. The van der Waals surface area contributed by atoms with Gasteiger partial charge in [0.15, 0.2) is 5.69 Å². The van der Waals surface area contributed by atoms with E-state index in [-0.39, 0.29) is 11.7 Å². The van der Waals surface area contributed by atoms with Crippen LogP contribution in [0, 0.1) is 0 Å². The summed E-state index contributed by atoms with van der Waals surface area (Å²) in [6.07, 6.45) is 2.50. The number of likely N-dealkylation sites (N-methyl/N-ethyl adjacent to an activating group) is 1. The molecule has 2 N–H and O–H groups in total. The van der Waals surface area contributed by atoms with E-state index in [1.54, 1.807) is 6.07 Å². The molecule has 0 saturated carbocycles. The van der Waals surface area contributed by atoms with Gasteiger partial charge in [-0.3, -0.25) is 0 Å². The lowest BCUT2D eigenvalue weighted by atomic mass is 10.2. The van der Waals surface area contributed by atoms with E-state index in [0.29, 0.717) is 11.9 Å². The minimum atomic E-state index is -1.01. The third-order valence-corrected chi connectivity index (χ3v) is 3.36. The van der Waals surface area contributed by atoms with Crippen LogP contribution in [0.4, 0.5) is 0 Å². The lowest BCUT2D eigenvalue weighted by Crippen LogP contribution is -2.24. The molecule has 0 aromatic carbocycles. The molecule has 2 heterocycles. The molecule has 2 aromatic rings. The van der Waals surface area contributed by atoms with Crippen molar-refractivity contribution in [2.75, 3.05) is 7.05 Å². The first-order valence-corrected chi connectivity index (χ1v) is 6.39. The van der Waals surface area contributed by atoms with Crippen molar-refractivity contribution in [1.82, 2.24) is 14.7 Å². The highest BCUT2D eigenvalue weighted by atomic mass is 79.9. The predicted octanol–water partition coefficient (Wildman–Crippen LogP) is 1.95. The molecule has 0 aliphatic heterocycles. The molecular weight excluding hydrogens is 298 g/mol. The van der Waals surface area contributed by atoms with Gasteiger partial charge in [-0.2, -0.15) is 0 Å². The summed E-state index contributed by atoms with van der Waals surface area (Å²) in [5.74, 6) is -0.259. The van der Waals surface area contributed by atoms with Crippen molar-refractivity contribution in [3.8, 4) is 0 Å². The minimum Gasteiger partial charge on any atom is -0.476 e. The Morgan fingerprint density at radius 1 is 1.67 bits per heavy atom. The first-order chi connectivity index (χ1) is 8.52. The Balaban J connectivity index is 2.57. The summed E-state index contributed by atoms with van der Waals surface area (Å²) in [5.41, 5.74) is 0.699. The number of fused-ring (bicyclic) bond motifs is 1. The van der Waals surface area contributed by atoms with Crippen LogP contribution in [-0.4, -0.2) is 33.6 Å². The maximum atomic E-state index is 11.2. The summed E-state index contributed by atoms with van der Waals surface area (Å²) in [6.45, 7) is 2.03. The van der Waals surface area contributed by atoms with Gasteiger partial charge in [-0.15, -0.1) is 0 Å². The van der Waals surface area contributed by atoms with Crippen LogP contribution < -0.4 is 5.32 Å². The Hall–Kier alpha value is -1.40. The fourth-order valence-corrected chi connectivity index (χ4v) is 2.13. The van der Waals surface area contributed by atoms with Crippen LogP contribution in [0.25, 0.3) is 5.52 Å². The maximum absolute atomic E-state index is 11.2. The quantitative estimate of drug-likeness (QED) is 0.905. The number of aromatic carboxylic acids is 1. The highest BCUT2D eigenvalue weighted by Crippen LogP contribution is 2.19. The Morgan fingerprint density at radius 3 is 3.00 bits per heavy atom. The standard InChI is InChI=1S/C12H14BrN3O2/c1-7(14-2)5-10-15-11(12(17)18)9-6-8(13)3-4-16(9)10/h3-4,6-7,14H,5H2,1-2H3,(H,17,18). The van der Waals surface area contributed by atoms with E-state index in [1.807, 2.05) is 30.6 Å². The van der Waals surface area contributed by atoms with Crippen molar-refractivity contribution in [1.29, 1.82) is 0 Å². The van der Waals surface area contributed by atoms with Crippen molar-refractivity contribution in [3.05, 3.63) is 34.3 Å². The van der Waals surface area contributed by atoms with Gasteiger partial charge in [-0.25, -0.2) is 9.78 Å². The number of pyridine rings is 1. The number of carboxylic acid groups (broad SMARTS) is 1. The Morgan fingerprint density at radius 2 is 2.39 bits per heavy atom. The predicted molar refractivity (Wildman–Crippen MR) is 72.1 cm³/mol. The molecule has 2 aromatic heterocycles. The van der Waals surface area contributed by atoms with Gasteiger partial charge < -0.3 is 14.8 Å². The van der Waals surface area contributed by atoms with Crippen molar-refractivity contribution in [3.63, 3.8) is 0 Å². The van der Waals surface area contributed by atoms with E-state index in [9.17, 15) is 9.90 Å². The second-order valence-electron chi connectivity index (χ2n) is 4.18. The highest BCUT2D eigenvalue weighted by molar-refractivity contribution is 9.10. The first kappa shape index (κ1) is 13.0. The number of imidazole rings is 1. The lowest BCUT2D eigenvalue weighted by molar-refractivity contribution is 0.0693. The molecule has 96 valence electrons. The molecule has 0 spiro atoms. The number of aromatic nitrogens is 2. The number of hydrogen-bond donors (Lipinski definition) is 2. The number of rotatable bonds is 4. The van der Waals surface area contributed by atoms with Crippen molar-refractivity contribution >= 4 is 27.4 Å². The van der Waals surface area contributed by atoms with Crippen molar-refractivity contribution < 1.29 is 9.90 Å². The lowest BCUT2D eigenvalue weighted by Gasteiger charge is -2.08. The number of hydrogen-bond acceptors (Lipinski definition) is 3. The Bertz CT molecular complexity index is 594. The summed E-state index contributed by atoms with van der Waals surface area (Å²) in [4.78, 5) is 15.4. The smallest absolute Gasteiger partial charge is 0.356 e. The third-order valence-electron chi connectivity index (χ3n) is 2.86. The van der Waals surface area contributed by atoms with Crippen LogP contribution in [0.3, 0.4) is 0 Å². The molecule has 1 unspecified atom stereocenters. The van der Waals surface area contributed by atoms with Crippen LogP contribution in [0.15, 0.2) is 22.8 Å². The highest BCUT2D eigenvalue weighted by Gasteiger charge is 2.17. The summed E-state index contributed by atoms with van der Waals surface area (Å²) in [6, 6.07) is 3.87. The van der Waals surface area contributed by atoms with E-state index in [0.717, 1.165) is 10.3 Å². The van der Waals surface area contributed by atoms with Crippen molar-refractivity contribution in [2.45, 2.75) is 19.4 Å². The van der Waals surface area contributed by atoms with Gasteiger partial charge in [0.25, 0.3) is 0 Å². The average molecular weight is 312 g/mol. The largest absolute Gasteiger partial charge is 0.476 e. The topological polar surface area (TPSA) is 66.6 Å². The summed E-state index contributed by atoms with van der Waals surface area (Å²) in [5, 5.41) is 12.3. The van der Waals surface area contributed by atoms with E-state index in [2.05, 4.69) is 26.2 Å². The fourth-order valence-electron chi connectivity index (χ4n) is 1.80. The molecule has 18 heavy (non-hydrogen) atoms. The van der Waals surface area contributed by atoms with Gasteiger partial charge >= 0.3 is 5.97 Å². The molecular formula is C12H14BrN3O2. The van der Waals surface area contributed by atoms with Gasteiger partial charge in [0, 0.05) is 23.1 Å². The monoisotopic (exact) mass is 311 g/mol. The van der Waals surface area contributed by atoms with Crippen molar-refractivity contribution in [2.24, 2.45) is 0 Å². The summed E-state index contributed by atoms with van der Waals surface area (Å²) >= 11 is 3.34. The van der Waals surface area contributed by atoms with Crippen LogP contribution in [0.5, 0.6) is 0 Å². The normalized spacial score (nSPS) is 12.8. The number of carboxylic acids is 1. The SMILES string of the molecule is CNC(C)Cc1nc(C(=O)O)c2cc(Br)ccn12. The van der Waals surface area contributed by atoms with Gasteiger partial charge in [0.1, 0.15) is 5.82 Å². The maximum Gasteiger partial charge on any atom is 0.356 e. The molecule has 1 atom stereocenters. The van der Waals surface area contributed by atoms with E-state index in [4.69, 9.17) is 0 Å². The number of halogens is 1. The number of nitrogens with one attached hydrogen (secondary N) is 1. The van der Waals surface area contributed by atoms with Gasteiger partial charge in [-0.1, -0.05) is 15.9 Å². The molecule has 5 nitrogen and oxygen atoms in total. The first-order valence-electron chi connectivity index (χ1n) is 5.60. The van der Waals surface area contributed by atoms with Crippen LogP contribution in [-0.2, 0) is 6.42 Å². The molecule has 0 saturated heterocycles. The van der Waals surface area contributed by atoms with Crippen LogP contribution in [0.2, 0.25) is 0 Å². The molecule has 6 heteroatoms. The molecule has 0 fully saturated rings. The number of nitrogens with zero attached hydrogens (tertiary/aromatic N) is 2. The van der Waals surface area contributed by atoms with E-state index in [1.165, 1.54) is 0 Å². The average Bonchev–Trinajstić information content (AvgIpc) is 2.67. The van der Waals surface area contributed by atoms with Gasteiger partial charge in [-0.05, 0) is 26.1 Å². The second kappa shape index (κ2) is 5.07. The van der Waals surface area contributed by atoms with Gasteiger partial charge in [0.2, 0.25) is 0 Å². The molecule has 2 rings (SSSR count). The third kappa shape index (κ3) is 2.39. The zero-order valence-electron chi connectivity index (χ0n) is 10.1. The van der Waals surface area contributed by atoms with Gasteiger partial charge in [0.05, 0.1) is 5.52 Å². The van der Waals surface area contributed by atoms with E-state index >= 15 is 0 Å². The number of carbonyl (C=O) groups is 1. The summed E-state index contributed by atoms with van der Waals surface area (Å²) < 4.78 is 2.66. The zero-order valence-corrected chi connectivity index (χ0v) is 11.7. The Labute approximate surface area is 113 Å². The van der Waals surface area contributed by atoms with Crippen LogP contribution in [0.1, 0.15) is 23.2 Å².